The van der Waals surface area contributed by atoms with Gasteiger partial charge < -0.3 is 14.9 Å². The maximum Gasteiger partial charge on any atom is 0.228 e. The molecule has 1 spiro atoms. The van der Waals surface area contributed by atoms with E-state index in [4.69, 9.17) is 0 Å². The van der Waals surface area contributed by atoms with Gasteiger partial charge in [-0.1, -0.05) is 18.2 Å². The highest BCUT2D eigenvalue weighted by molar-refractivity contribution is 5.84. The van der Waals surface area contributed by atoms with Crippen LogP contribution in [0.4, 0.5) is 4.39 Å². The van der Waals surface area contributed by atoms with Gasteiger partial charge in [0.2, 0.25) is 11.8 Å². The number of halogens is 1. The van der Waals surface area contributed by atoms with Crippen LogP contribution in [0, 0.1) is 11.2 Å². The molecule has 1 unspecified atom stereocenters. The zero-order chi connectivity index (χ0) is 17.3. The summed E-state index contributed by atoms with van der Waals surface area (Å²) in [5.74, 6) is -0.423. The predicted molar refractivity (Wildman–Crippen MR) is 86.6 cm³/mol. The molecule has 2 heterocycles. The van der Waals surface area contributed by atoms with Crippen LogP contribution in [0.1, 0.15) is 24.8 Å². The van der Waals surface area contributed by atoms with E-state index in [1.807, 2.05) is 0 Å². The second-order valence-electron chi connectivity index (χ2n) is 6.97. The standard InChI is InChI=1S/C18H23FN2O3/c1-20-12-14(22)11-18(17(20)24)6-8-21(9-7-18)16(23)10-13-4-2-3-5-15(13)19/h2-5,14,22H,6-12H2,1H3. The summed E-state index contributed by atoms with van der Waals surface area (Å²) in [5, 5.41) is 10.00. The van der Waals surface area contributed by atoms with Crippen LogP contribution in [-0.2, 0) is 16.0 Å². The molecule has 130 valence electrons. The van der Waals surface area contributed by atoms with Crippen molar-refractivity contribution in [1.82, 2.24) is 9.80 Å². The van der Waals surface area contributed by atoms with Gasteiger partial charge in [-0.3, -0.25) is 9.59 Å². The Morgan fingerprint density at radius 1 is 1.33 bits per heavy atom. The molecule has 0 bridgehead atoms. The highest BCUT2D eigenvalue weighted by Crippen LogP contribution is 2.40. The number of hydrogen-bond donors (Lipinski definition) is 1. The third-order valence-electron chi connectivity index (χ3n) is 5.28. The lowest BCUT2D eigenvalue weighted by Crippen LogP contribution is -2.57. The Bertz CT molecular complexity index is 641. The number of likely N-dealkylation sites (N-methyl/N-ethyl adjacent to an activating group) is 1. The lowest BCUT2D eigenvalue weighted by atomic mass is 9.71. The number of rotatable bonds is 2. The van der Waals surface area contributed by atoms with Gasteiger partial charge >= 0.3 is 0 Å². The number of likely N-dealkylation sites (tertiary alicyclic amines) is 2. The molecule has 5 nitrogen and oxygen atoms in total. The first-order valence-electron chi connectivity index (χ1n) is 8.36. The Balaban J connectivity index is 1.63. The fourth-order valence-corrected chi connectivity index (χ4v) is 3.93. The molecule has 0 aliphatic carbocycles. The van der Waals surface area contributed by atoms with Gasteiger partial charge in [-0.15, -0.1) is 0 Å². The molecule has 0 radical (unpaired) electrons. The van der Waals surface area contributed by atoms with Crippen LogP contribution < -0.4 is 0 Å². The Morgan fingerprint density at radius 3 is 2.67 bits per heavy atom. The molecule has 24 heavy (non-hydrogen) atoms. The van der Waals surface area contributed by atoms with Crippen molar-refractivity contribution in [3.63, 3.8) is 0 Å². The van der Waals surface area contributed by atoms with Crippen LogP contribution in [0.25, 0.3) is 0 Å². The zero-order valence-corrected chi connectivity index (χ0v) is 13.9. The maximum atomic E-state index is 13.7. The molecule has 1 aromatic rings. The number of piperidine rings is 2. The SMILES string of the molecule is CN1CC(O)CC2(CCN(C(=O)Cc3ccccc3F)CC2)C1=O. The number of aliphatic hydroxyl groups is 1. The Kier molecular flexibility index (Phi) is 4.58. The second kappa shape index (κ2) is 6.51. The van der Waals surface area contributed by atoms with E-state index in [0.29, 0.717) is 44.5 Å². The zero-order valence-electron chi connectivity index (χ0n) is 13.9. The summed E-state index contributed by atoms with van der Waals surface area (Å²) in [4.78, 5) is 28.2. The van der Waals surface area contributed by atoms with Crippen molar-refractivity contribution in [2.75, 3.05) is 26.7 Å². The summed E-state index contributed by atoms with van der Waals surface area (Å²) in [6.07, 6.45) is 1.10. The molecule has 6 heteroatoms. The lowest BCUT2D eigenvalue weighted by Gasteiger charge is -2.47. The van der Waals surface area contributed by atoms with Crippen molar-refractivity contribution in [2.45, 2.75) is 31.8 Å². The van der Waals surface area contributed by atoms with E-state index < -0.39 is 11.5 Å². The minimum atomic E-state index is -0.554. The summed E-state index contributed by atoms with van der Waals surface area (Å²) in [6, 6.07) is 6.29. The summed E-state index contributed by atoms with van der Waals surface area (Å²) in [5.41, 5.74) is -0.159. The van der Waals surface area contributed by atoms with Gasteiger partial charge in [0.1, 0.15) is 5.82 Å². The third kappa shape index (κ3) is 3.15. The summed E-state index contributed by atoms with van der Waals surface area (Å²) >= 11 is 0. The van der Waals surface area contributed by atoms with Gasteiger partial charge in [-0.2, -0.15) is 0 Å². The van der Waals surface area contributed by atoms with Crippen LogP contribution in [0.15, 0.2) is 24.3 Å². The largest absolute Gasteiger partial charge is 0.391 e. The quantitative estimate of drug-likeness (QED) is 0.884. The summed E-state index contributed by atoms with van der Waals surface area (Å²) < 4.78 is 13.7. The molecule has 1 aromatic carbocycles. The molecule has 1 atom stereocenters. The van der Waals surface area contributed by atoms with E-state index in [0.717, 1.165) is 0 Å². The third-order valence-corrected chi connectivity index (χ3v) is 5.28. The lowest BCUT2D eigenvalue weighted by molar-refractivity contribution is -0.156. The van der Waals surface area contributed by atoms with E-state index >= 15 is 0 Å². The molecule has 2 fully saturated rings. The van der Waals surface area contributed by atoms with Crippen LogP contribution in [0.3, 0.4) is 0 Å². The second-order valence-corrected chi connectivity index (χ2v) is 6.97. The minimum Gasteiger partial charge on any atom is -0.391 e. The number of hydrogen-bond acceptors (Lipinski definition) is 3. The van der Waals surface area contributed by atoms with Crippen molar-refractivity contribution >= 4 is 11.8 Å². The average Bonchev–Trinajstić information content (AvgIpc) is 2.55. The molecule has 3 rings (SSSR count). The van der Waals surface area contributed by atoms with Gasteiger partial charge in [0.25, 0.3) is 0 Å². The highest BCUT2D eigenvalue weighted by Gasteiger charge is 2.47. The Morgan fingerprint density at radius 2 is 2.00 bits per heavy atom. The topological polar surface area (TPSA) is 60.9 Å². The van der Waals surface area contributed by atoms with Crippen LogP contribution in [-0.4, -0.2) is 59.5 Å². The number of nitrogens with zero attached hydrogens (tertiary/aromatic N) is 2. The maximum absolute atomic E-state index is 13.7. The number of aliphatic hydroxyl groups excluding tert-OH is 1. The Labute approximate surface area is 141 Å². The highest BCUT2D eigenvalue weighted by atomic mass is 19.1. The van der Waals surface area contributed by atoms with Gasteiger partial charge in [0.15, 0.2) is 0 Å². The van der Waals surface area contributed by atoms with Crippen molar-refractivity contribution in [1.29, 1.82) is 0 Å². The van der Waals surface area contributed by atoms with Gasteiger partial charge in [-0.05, 0) is 30.9 Å². The number of β-amino-alcohol motifs (C(OH)–C–C–N with tert-alkyl or cyclic N) is 1. The van der Waals surface area contributed by atoms with Gasteiger partial charge in [-0.25, -0.2) is 4.39 Å². The molecule has 0 saturated carbocycles. The van der Waals surface area contributed by atoms with Crippen LogP contribution in [0.2, 0.25) is 0 Å². The van der Waals surface area contributed by atoms with E-state index in [-0.39, 0.29) is 24.1 Å². The monoisotopic (exact) mass is 334 g/mol. The first-order chi connectivity index (χ1) is 11.4. The molecular weight excluding hydrogens is 311 g/mol. The minimum absolute atomic E-state index is 0.0378. The molecule has 2 amide bonds. The van der Waals surface area contributed by atoms with Crippen molar-refractivity contribution in [3.8, 4) is 0 Å². The normalized spacial score (nSPS) is 23.6. The molecule has 1 N–H and O–H groups in total. The smallest absolute Gasteiger partial charge is 0.228 e. The van der Waals surface area contributed by atoms with Crippen molar-refractivity contribution in [2.24, 2.45) is 5.41 Å². The molecular formula is C18H23FN2O3. The van der Waals surface area contributed by atoms with E-state index in [2.05, 4.69) is 0 Å². The van der Waals surface area contributed by atoms with Crippen molar-refractivity contribution in [3.05, 3.63) is 35.6 Å². The molecule has 2 aliphatic heterocycles. The van der Waals surface area contributed by atoms with Crippen LogP contribution in [0.5, 0.6) is 0 Å². The molecule has 2 aliphatic rings. The predicted octanol–water partition coefficient (Wildman–Crippen LogP) is 1.20. The van der Waals surface area contributed by atoms with Gasteiger partial charge in [0.05, 0.1) is 17.9 Å². The van der Waals surface area contributed by atoms with Crippen LogP contribution >= 0.6 is 0 Å². The number of benzene rings is 1. The average molecular weight is 334 g/mol. The van der Waals surface area contributed by atoms with E-state index in [1.165, 1.54) is 6.07 Å². The number of amides is 2. The van der Waals surface area contributed by atoms with E-state index in [9.17, 15) is 19.1 Å². The first-order valence-corrected chi connectivity index (χ1v) is 8.36. The molecule has 0 aromatic heterocycles. The number of carbonyl (C=O) groups excluding carboxylic acids is 2. The summed E-state index contributed by atoms with van der Waals surface area (Å²) in [6.45, 7) is 1.32. The van der Waals surface area contributed by atoms with Gasteiger partial charge in [0, 0.05) is 26.7 Å². The van der Waals surface area contributed by atoms with E-state index in [1.54, 1.807) is 35.0 Å². The first kappa shape index (κ1) is 16.9. The molecule has 2 saturated heterocycles. The Hall–Kier alpha value is -1.95. The fourth-order valence-electron chi connectivity index (χ4n) is 3.93. The van der Waals surface area contributed by atoms with Crippen molar-refractivity contribution < 1.29 is 19.1 Å². The summed E-state index contributed by atoms with van der Waals surface area (Å²) in [7, 11) is 1.71. The number of carbonyl (C=O) groups is 2. The fraction of sp³-hybridized carbons (Fsp3) is 0.556.